The van der Waals surface area contributed by atoms with E-state index < -0.39 is 11.5 Å². The predicted molar refractivity (Wildman–Crippen MR) is 79.7 cm³/mol. The van der Waals surface area contributed by atoms with Gasteiger partial charge in [0.1, 0.15) is 5.82 Å². The molecule has 1 aliphatic rings. The normalized spacial score (nSPS) is 20.1. The van der Waals surface area contributed by atoms with Crippen LogP contribution in [0.3, 0.4) is 0 Å². The molecule has 2 rings (SSSR count). The van der Waals surface area contributed by atoms with Crippen molar-refractivity contribution >= 4 is 5.97 Å². The van der Waals surface area contributed by atoms with Gasteiger partial charge in [0, 0.05) is 26.2 Å². The summed E-state index contributed by atoms with van der Waals surface area (Å²) in [5.74, 6) is -1.16. The first-order valence-corrected chi connectivity index (χ1v) is 7.39. The molecule has 1 aromatic rings. The van der Waals surface area contributed by atoms with Gasteiger partial charge in [-0.2, -0.15) is 0 Å². The minimum absolute atomic E-state index is 0.00331. The van der Waals surface area contributed by atoms with Crippen molar-refractivity contribution in [1.29, 1.82) is 0 Å². The molecule has 1 unspecified atom stereocenters. The molecule has 5 heteroatoms. The summed E-state index contributed by atoms with van der Waals surface area (Å²) in [4.78, 5) is 15.8. The first kappa shape index (κ1) is 15.9. The molecule has 1 aliphatic heterocycles. The molecule has 0 saturated carbocycles. The number of hydrogen-bond acceptors (Lipinski definition) is 3. The van der Waals surface area contributed by atoms with Crippen LogP contribution < -0.4 is 0 Å². The third-order valence-electron chi connectivity index (χ3n) is 4.50. The molecule has 0 aromatic heterocycles. The highest BCUT2D eigenvalue weighted by Crippen LogP contribution is 2.36. The van der Waals surface area contributed by atoms with E-state index in [4.69, 9.17) is 0 Å². The topological polar surface area (TPSA) is 43.8 Å². The van der Waals surface area contributed by atoms with Crippen molar-refractivity contribution in [2.75, 3.05) is 33.2 Å². The minimum Gasteiger partial charge on any atom is -0.481 e. The van der Waals surface area contributed by atoms with E-state index >= 15 is 0 Å². The van der Waals surface area contributed by atoms with E-state index in [0.29, 0.717) is 6.42 Å². The van der Waals surface area contributed by atoms with E-state index in [2.05, 4.69) is 16.8 Å². The highest BCUT2D eigenvalue weighted by molar-refractivity contribution is 5.69. The summed E-state index contributed by atoms with van der Waals surface area (Å²) in [7, 11) is 2.06. The van der Waals surface area contributed by atoms with Crippen LogP contribution in [0.15, 0.2) is 24.3 Å². The quantitative estimate of drug-likeness (QED) is 0.904. The second-order valence-corrected chi connectivity index (χ2v) is 5.76. The predicted octanol–water partition coefficient (Wildman–Crippen LogP) is 2.15. The van der Waals surface area contributed by atoms with Crippen molar-refractivity contribution < 1.29 is 14.3 Å². The Morgan fingerprint density at radius 2 is 2.00 bits per heavy atom. The molecule has 1 aromatic carbocycles. The fraction of sp³-hybridized carbons (Fsp3) is 0.562. The van der Waals surface area contributed by atoms with Gasteiger partial charge in [-0.3, -0.25) is 9.69 Å². The number of piperazine rings is 1. The lowest BCUT2D eigenvalue weighted by Crippen LogP contribution is -2.55. The first-order valence-electron chi connectivity index (χ1n) is 7.39. The molecule has 0 bridgehead atoms. The highest BCUT2D eigenvalue weighted by Gasteiger charge is 2.40. The van der Waals surface area contributed by atoms with Gasteiger partial charge in [0.2, 0.25) is 0 Å². The lowest BCUT2D eigenvalue weighted by Gasteiger charge is -2.47. The molecule has 0 aliphatic carbocycles. The molecule has 116 valence electrons. The molecule has 4 nitrogen and oxygen atoms in total. The third kappa shape index (κ3) is 3.41. The van der Waals surface area contributed by atoms with Gasteiger partial charge in [0.25, 0.3) is 0 Å². The number of hydrogen-bond donors (Lipinski definition) is 1. The van der Waals surface area contributed by atoms with E-state index in [1.165, 1.54) is 12.1 Å². The van der Waals surface area contributed by atoms with Crippen LogP contribution in [0.25, 0.3) is 0 Å². The zero-order chi connectivity index (χ0) is 15.5. The van der Waals surface area contributed by atoms with Crippen LogP contribution in [0, 0.1) is 5.82 Å². The Kier molecular flexibility index (Phi) is 4.96. The Balaban J connectivity index is 2.40. The van der Waals surface area contributed by atoms with Crippen molar-refractivity contribution in [3.8, 4) is 0 Å². The summed E-state index contributed by atoms with van der Waals surface area (Å²) >= 11 is 0. The number of rotatable bonds is 5. The van der Waals surface area contributed by atoms with Crippen LogP contribution in [0.4, 0.5) is 4.39 Å². The third-order valence-corrected chi connectivity index (χ3v) is 4.50. The van der Waals surface area contributed by atoms with Crippen LogP contribution in [-0.2, 0) is 10.3 Å². The monoisotopic (exact) mass is 294 g/mol. The number of carbonyl (C=O) groups is 1. The molecule has 0 radical (unpaired) electrons. The van der Waals surface area contributed by atoms with Crippen LogP contribution >= 0.6 is 0 Å². The second-order valence-electron chi connectivity index (χ2n) is 5.76. The summed E-state index contributed by atoms with van der Waals surface area (Å²) < 4.78 is 13.6. The van der Waals surface area contributed by atoms with Gasteiger partial charge in [-0.25, -0.2) is 4.39 Å². The summed E-state index contributed by atoms with van der Waals surface area (Å²) in [6.07, 6.45) is 0.642. The Labute approximate surface area is 125 Å². The van der Waals surface area contributed by atoms with Crippen molar-refractivity contribution in [2.45, 2.75) is 25.3 Å². The molecule has 1 fully saturated rings. The lowest BCUT2D eigenvalue weighted by molar-refractivity contribution is -0.141. The molecular formula is C16H23FN2O2. The van der Waals surface area contributed by atoms with E-state index in [0.717, 1.165) is 31.7 Å². The van der Waals surface area contributed by atoms with Gasteiger partial charge in [-0.1, -0.05) is 19.1 Å². The molecule has 1 saturated heterocycles. The van der Waals surface area contributed by atoms with E-state index in [1.54, 1.807) is 6.07 Å². The van der Waals surface area contributed by atoms with Crippen molar-refractivity contribution in [1.82, 2.24) is 9.80 Å². The highest BCUT2D eigenvalue weighted by atomic mass is 19.1. The van der Waals surface area contributed by atoms with Gasteiger partial charge in [0.15, 0.2) is 0 Å². The fourth-order valence-electron chi connectivity index (χ4n) is 3.21. The minimum atomic E-state index is -0.847. The molecule has 0 amide bonds. The summed E-state index contributed by atoms with van der Waals surface area (Å²) in [6, 6.07) is 6.38. The SMILES string of the molecule is CCC(CC(=O)O)(c1cccc(F)c1)N1CCN(C)CC1. The van der Waals surface area contributed by atoms with Crippen molar-refractivity contribution in [3.05, 3.63) is 35.6 Å². The molecule has 21 heavy (non-hydrogen) atoms. The van der Waals surface area contributed by atoms with E-state index in [1.807, 2.05) is 13.0 Å². The number of carboxylic acids is 1. The molecule has 1 heterocycles. The van der Waals surface area contributed by atoms with Gasteiger partial charge in [-0.15, -0.1) is 0 Å². The Morgan fingerprint density at radius 3 is 2.52 bits per heavy atom. The van der Waals surface area contributed by atoms with Crippen LogP contribution in [0.2, 0.25) is 0 Å². The summed E-state index contributed by atoms with van der Waals surface area (Å²) in [5.41, 5.74) is 0.131. The second kappa shape index (κ2) is 6.54. The Hall–Kier alpha value is -1.46. The van der Waals surface area contributed by atoms with Gasteiger partial charge in [-0.05, 0) is 31.2 Å². The standard InChI is InChI=1S/C16H23FN2O2/c1-3-16(12-15(20)21,13-5-4-6-14(17)11-13)19-9-7-18(2)8-10-19/h4-6,11H,3,7-10,12H2,1-2H3,(H,20,21). The molecule has 1 atom stereocenters. The average Bonchev–Trinajstić information content (AvgIpc) is 2.45. The van der Waals surface area contributed by atoms with Crippen LogP contribution in [0.1, 0.15) is 25.3 Å². The molecular weight excluding hydrogens is 271 g/mol. The lowest BCUT2D eigenvalue weighted by atomic mass is 9.81. The summed E-state index contributed by atoms with van der Waals surface area (Å²) in [6.45, 7) is 5.38. The van der Waals surface area contributed by atoms with Crippen LogP contribution in [0.5, 0.6) is 0 Å². The molecule has 0 spiro atoms. The maximum Gasteiger partial charge on any atom is 0.305 e. The maximum absolute atomic E-state index is 13.6. The average molecular weight is 294 g/mol. The van der Waals surface area contributed by atoms with Crippen LogP contribution in [-0.4, -0.2) is 54.1 Å². The number of benzene rings is 1. The first-order chi connectivity index (χ1) is 9.98. The fourth-order valence-corrected chi connectivity index (χ4v) is 3.21. The summed E-state index contributed by atoms with van der Waals surface area (Å²) in [5, 5.41) is 9.36. The van der Waals surface area contributed by atoms with E-state index in [-0.39, 0.29) is 12.2 Å². The zero-order valence-electron chi connectivity index (χ0n) is 12.7. The number of nitrogens with zero attached hydrogens (tertiary/aromatic N) is 2. The van der Waals surface area contributed by atoms with Gasteiger partial charge < -0.3 is 10.0 Å². The Morgan fingerprint density at radius 1 is 1.33 bits per heavy atom. The largest absolute Gasteiger partial charge is 0.481 e. The number of aliphatic carboxylic acids is 1. The Bertz CT molecular complexity index is 501. The smallest absolute Gasteiger partial charge is 0.305 e. The number of halogens is 1. The van der Waals surface area contributed by atoms with Gasteiger partial charge >= 0.3 is 5.97 Å². The van der Waals surface area contributed by atoms with Crippen molar-refractivity contribution in [2.24, 2.45) is 0 Å². The zero-order valence-corrected chi connectivity index (χ0v) is 12.7. The van der Waals surface area contributed by atoms with Crippen molar-refractivity contribution in [3.63, 3.8) is 0 Å². The van der Waals surface area contributed by atoms with Gasteiger partial charge in [0.05, 0.1) is 12.0 Å². The van der Waals surface area contributed by atoms with E-state index in [9.17, 15) is 14.3 Å². The number of likely N-dealkylation sites (N-methyl/N-ethyl adjacent to an activating group) is 1. The molecule has 1 N–H and O–H groups in total. The maximum atomic E-state index is 13.6. The number of carboxylic acid groups (broad SMARTS) is 1.